The predicted octanol–water partition coefficient (Wildman–Crippen LogP) is 3.89. The Morgan fingerprint density at radius 3 is 0.980 bits per heavy atom. The molecule has 4 saturated heterocycles. The number of nitrogens with zero attached hydrogens (tertiary/aromatic N) is 7. The number of aliphatic hydroxyl groups excluding tert-OH is 2. The normalized spacial score (nSPS) is 21.7. The van der Waals surface area contributed by atoms with Gasteiger partial charge in [0, 0.05) is 181 Å². The number of nitrogens with one attached hydrogen (secondary N) is 6. The van der Waals surface area contributed by atoms with E-state index in [0.717, 1.165) is 89.6 Å². The van der Waals surface area contributed by atoms with E-state index in [1.54, 1.807) is 69.2 Å². The third kappa shape index (κ3) is 50.3. The van der Waals surface area contributed by atoms with Crippen molar-refractivity contribution in [1.82, 2.24) is 60.6 Å². The molecule has 0 unspecified atom stereocenters. The van der Waals surface area contributed by atoms with E-state index < -0.39 is 247 Å². The van der Waals surface area contributed by atoms with Gasteiger partial charge in [-0.2, -0.15) is 0 Å². The van der Waals surface area contributed by atoms with Crippen molar-refractivity contribution in [2.45, 2.75) is 209 Å². The van der Waals surface area contributed by atoms with Gasteiger partial charge in [0.1, 0.15) is 65.8 Å². The third-order valence-corrected chi connectivity index (χ3v) is 34.9. The fourth-order valence-electron chi connectivity index (χ4n) is 11.4. The van der Waals surface area contributed by atoms with Gasteiger partial charge in [0.15, 0.2) is 45.7 Å². The fourth-order valence-corrected chi connectivity index (χ4v) is 20.1. The average molecular weight is 2380 g/mol. The van der Waals surface area contributed by atoms with E-state index in [1.807, 2.05) is 20.8 Å². The molecule has 4 aliphatic rings. The third-order valence-electron chi connectivity index (χ3n) is 19.5. The zero-order valence-corrected chi connectivity index (χ0v) is 95.4. The van der Waals surface area contributed by atoms with Gasteiger partial charge >= 0.3 is 63.2 Å². The molecule has 4 fully saturated rings. The van der Waals surface area contributed by atoms with Crippen LogP contribution < -0.4 is 54.4 Å². The van der Waals surface area contributed by atoms with Gasteiger partial charge in [-0.15, -0.1) is 0 Å². The molecule has 0 radical (unpaired) electrons. The van der Waals surface area contributed by atoms with Gasteiger partial charge in [0.2, 0.25) is 30.1 Å². The number of sulfone groups is 1. The number of hydrogen-bond acceptors (Lipinski definition) is 46. The standard InChI is InChI=1S/C14H20N2O6S.C12H17N3O7S.C11H16N2O5.C11H14N2O5.2C9H20NO7PS.C7H15NO4S.C2H6ClO3P.C2H7NO2S.3CH4.P/c1-4-23(19,20)8-6-10-9(2)12(21-3)13(22-10)16-7-5-11(17)15-14(16)18;1-13-23(19,20)6-4-7-9(17)10(21-2)11(22-7)15-5-3-8(16)14-12(15)18;2*1-6-7(5-14)18-10(9(6)17-2)13-4-3-8(15)12-11(13)16;2*1-9(2,3)17-8(11)10(4)19(13,14)7-18(12,15-5)16-6;1-7(2,3)12-6(9)8(4)13(5,10)11;1-5-7(3,4)6-2;1-3-6(2,4)5;;;;/h5-10,12-13H,4H2,1-3H3,(H,15,17,18);3-7,9-11,13,17H,1-2H3,(H,14,16,18);3-4,6-7,9-10,14H,5H2,1-2H3,(H,12,15,16);3-7,9-10H,1-2H3,(H,12,15,16);2*7H2,1-6H3;1-5H3;1-2H3;3H,1-2H3;3*1H4;/q;;;;;;;;;;;;-3/b8-6+;6-4+;;;;;;;;;;;/t9-,10-,12-,13-;7-,9-,10-,11-;2*6-,7-,9-,10-;;;;;;;;;/m1111........./s1. The molecule has 874 valence electrons. The number of carbonyl (C=O) groups excluding carboxylic acids is 4. The highest BCUT2D eigenvalue weighted by molar-refractivity contribution is 7.96. The minimum Gasteiger partial charge on any atom is -3.00 e. The lowest BCUT2D eigenvalue weighted by Gasteiger charge is -3.00. The molecular formula is C80H147ClN13O46P4S6-3. The monoisotopic (exact) mass is 2380 g/mol. The van der Waals surface area contributed by atoms with Crippen LogP contribution in [0.15, 0.2) is 110 Å². The minimum atomic E-state index is -4.17. The van der Waals surface area contributed by atoms with Crippen LogP contribution in [0.4, 0.5) is 14.4 Å². The van der Waals surface area contributed by atoms with Crippen molar-refractivity contribution in [3.05, 3.63) is 155 Å². The van der Waals surface area contributed by atoms with Crippen LogP contribution in [0, 0.1) is 17.8 Å². The molecule has 59 nitrogen and oxygen atoms in total. The Kier molecular flexibility index (Phi) is 65.4. The topological polar surface area (TPSA) is 775 Å². The van der Waals surface area contributed by atoms with Crippen molar-refractivity contribution in [3.63, 3.8) is 0 Å². The van der Waals surface area contributed by atoms with Crippen molar-refractivity contribution in [1.29, 1.82) is 0 Å². The Balaban J connectivity index is -0.000000534. The zero-order valence-electron chi connectivity index (χ0n) is 86.2. The highest BCUT2D eigenvalue weighted by atomic mass is 35.7. The second-order valence-corrected chi connectivity index (χ2v) is 53.6. The molecule has 3 amide bonds. The first kappa shape index (κ1) is 150. The molecule has 8 N–H and O–H groups in total. The average Bonchev–Trinajstić information content (AvgIpc) is 1.69. The van der Waals surface area contributed by atoms with E-state index >= 15 is 0 Å². The maximum atomic E-state index is 11.9. The van der Waals surface area contributed by atoms with E-state index in [-0.39, 0.29) is 68.4 Å². The Hall–Kier alpha value is -7.93. The molecule has 0 aromatic carbocycles. The molecule has 0 saturated carbocycles. The van der Waals surface area contributed by atoms with Gasteiger partial charge in [0.25, 0.3) is 42.3 Å². The van der Waals surface area contributed by atoms with Crippen molar-refractivity contribution < 1.29 is 173 Å². The smallest absolute Gasteiger partial charge is 0.423 e. The van der Waals surface area contributed by atoms with Gasteiger partial charge in [-0.3, -0.25) is 66.5 Å². The van der Waals surface area contributed by atoms with Crippen LogP contribution in [-0.2, 0) is 158 Å². The molecule has 4 aromatic rings. The van der Waals surface area contributed by atoms with Crippen LogP contribution in [0.5, 0.6) is 0 Å². The minimum absolute atomic E-state index is 0. The number of rotatable bonds is 30. The fraction of sp³-hybridized carbons (Fsp3) is 0.700. The van der Waals surface area contributed by atoms with Crippen molar-refractivity contribution >= 4 is 128 Å². The number of aromatic nitrogens is 8. The number of methoxy groups -OCH3 is 4. The maximum Gasteiger partial charge on any atom is 0.423 e. The second kappa shape index (κ2) is 65.2. The second-order valence-electron chi connectivity index (χ2n) is 33.5. The summed E-state index contributed by atoms with van der Waals surface area (Å²) in [4.78, 5) is 145. The summed E-state index contributed by atoms with van der Waals surface area (Å²) in [6.45, 7) is 18.4. The van der Waals surface area contributed by atoms with Crippen molar-refractivity contribution in [3.8, 4) is 0 Å². The van der Waals surface area contributed by atoms with Gasteiger partial charge < -0.3 is 104 Å². The number of hydrogen-bond donors (Lipinski definition) is 8. The van der Waals surface area contributed by atoms with Gasteiger partial charge in [0.05, 0.1) is 37.1 Å². The number of carbonyl (C=O) groups is 4. The molecule has 0 aliphatic carbocycles. The summed E-state index contributed by atoms with van der Waals surface area (Å²) < 4.78 is 264. The van der Waals surface area contributed by atoms with Crippen LogP contribution in [-0.4, -0.2) is 350 Å². The summed E-state index contributed by atoms with van der Waals surface area (Å²) in [7, 11) is -10.9. The van der Waals surface area contributed by atoms with E-state index in [4.69, 9.17) is 63.3 Å². The van der Waals surface area contributed by atoms with Crippen LogP contribution in [0.1, 0.15) is 137 Å². The Labute approximate surface area is 880 Å². The van der Waals surface area contributed by atoms with Crippen LogP contribution in [0.3, 0.4) is 0 Å². The Bertz CT molecular complexity index is 6160. The number of aliphatic hydroxyl groups is 2. The SMILES string of the molecule is C.C.C.CCS(=O)(=O)/C=C/[C@H]1O[C@@H](n2ccc(=O)[nH]c2=O)[C@H](OC)[C@@H]1C.CN(C(=O)OC(C)(C)C)S(C)(=O)=O.CNS(=O)(=O)/C=C/[C@H]1O[C@@H](n2ccc(=O)[nH]c2=O)[C@H](OC)[C@@H]1O.CNS(C)(=O)=O.COP(=O)(CS(=O)(=O)N(C)C(=O)OC(C)(C)C)OC.COP(=O)(CS(=O)(=O)N(C)C(=O)OC(C)(C)C)OC.COP(=O)(Cl)OC.CO[C@@H]1[C@H](C)[C@@H](C=O)O[C@H]1n1ccc(=O)[nH]c1=O.CO[C@@H]1[C@H](C)[C@@H](CO)O[C@H]1n1ccc(=O)[nH]c1=O.[P-3]. The molecule has 8 heterocycles. The molecule has 16 atom stereocenters. The number of ether oxygens (including phenoxy) is 11. The van der Waals surface area contributed by atoms with E-state index in [0.29, 0.717) is 19.2 Å². The van der Waals surface area contributed by atoms with Crippen LogP contribution in [0.2, 0.25) is 0 Å². The number of sulfonamides is 5. The molecule has 8 rings (SSSR count). The number of halogens is 1. The van der Waals surface area contributed by atoms with Crippen molar-refractivity contribution in [2.75, 3.05) is 142 Å². The van der Waals surface area contributed by atoms with Crippen LogP contribution >= 0.6 is 43.3 Å². The predicted molar refractivity (Wildman–Crippen MR) is 553 cm³/mol. The number of aldehydes is 1. The summed E-state index contributed by atoms with van der Waals surface area (Å²) in [6, 6.07) is 4.80. The van der Waals surface area contributed by atoms with E-state index in [9.17, 15) is 132 Å². The Morgan fingerprint density at radius 1 is 0.460 bits per heavy atom. The molecule has 150 heavy (non-hydrogen) atoms. The summed E-state index contributed by atoms with van der Waals surface area (Å²) in [5.41, 5.74) is -8.76. The highest BCUT2D eigenvalue weighted by Gasteiger charge is 2.48. The summed E-state index contributed by atoms with van der Waals surface area (Å²) >= 11 is 5.02. The lowest BCUT2D eigenvalue weighted by molar-refractivity contribution is -0.121. The molecular weight excluding hydrogens is 2230 g/mol. The number of aromatic amines is 4. The quantitative estimate of drug-likeness (QED) is 0.0208. The first-order valence-electron chi connectivity index (χ1n) is 42.2. The van der Waals surface area contributed by atoms with Crippen LogP contribution in [0.25, 0.3) is 0 Å². The Morgan fingerprint density at radius 2 is 0.733 bits per heavy atom. The molecule has 0 spiro atoms. The van der Waals surface area contributed by atoms with E-state index in [2.05, 4.69) is 56.5 Å². The van der Waals surface area contributed by atoms with Gasteiger partial charge in [-0.1, -0.05) is 50.0 Å². The molecule has 4 aliphatic heterocycles. The molecule has 4 aromatic heterocycles. The maximum absolute atomic E-state index is 11.9. The summed E-state index contributed by atoms with van der Waals surface area (Å²) in [6.07, 6.45) is -1.46. The number of H-pyrrole nitrogens is 4. The zero-order chi connectivity index (χ0) is 114. The molecule has 0 bridgehead atoms. The van der Waals surface area contributed by atoms with Gasteiger partial charge in [-0.25, -0.2) is 111 Å². The lowest BCUT2D eigenvalue weighted by Crippen LogP contribution is -2.39. The van der Waals surface area contributed by atoms with E-state index in [1.165, 1.54) is 120 Å². The van der Waals surface area contributed by atoms with Gasteiger partial charge in [-0.05, 0) is 88.6 Å². The number of amides is 3. The summed E-state index contributed by atoms with van der Waals surface area (Å²) in [5, 5.41) is 21.4. The largest absolute Gasteiger partial charge is 3.00 e. The first-order valence-corrected chi connectivity index (χ1v) is 58.3. The lowest BCUT2D eigenvalue weighted by atomic mass is 10.0. The highest BCUT2D eigenvalue weighted by Crippen LogP contribution is 2.52. The van der Waals surface area contributed by atoms with Crippen molar-refractivity contribution in [2.24, 2.45) is 17.8 Å². The first-order chi connectivity index (χ1) is 66.7. The molecule has 70 heteroatoms. The summed E-state index contributed by atoms with van der Waals surface area (Å²) in [5.74, 6) is -0.395.